The molecule has 3 aromatic rings. The van der Waals surface area contributed by atoms with Gasteiger partial charge in [0.1, 0.15) is 0 Å². The molecule has 0 fully saturated rings. The van der Waals surface area contributed by atoms with Gasteiger partial charge in [-0.25, -0.2) is 8.42 Å². The molecule has 31 heavy (non-hydrogen) atoms. The van der Waals surface area contributed by atoms with Gasteiger partial charge >= 0.3 is 0 Å². The van der Waals surface area contributed by atoms with Crippen molar-refractivity contribution >= 4 is 21.6 Å². The fourth-order valence-electron chi connectivity index (χ4n) is 3.14. The van der Waals surface area contributed by atoms with Crippen LogP contribution in [0.3, 0.4) is 0 Å². The second kappa shape index (κ2) is 10.4. The minimum atomic E-state index is -3.63. The first-order valence-electron chi connectivity index (χ1n) is 10.0. The SMILES string of the molecule is CCN(CC(=O)Nc1ccc(S(=O)(=O)N(C)Cc2ccccc2)cc1)Cc1ccoc1. The van der Waals surface area contributed by atoms with Crippen molar-refractivity contribution in [3.63, 3.8) is 0 Å². The number of nitrogens with one attached hydrogen (secondary N) is 1. The lowest BCUT2D eigenvalue weighted by Gasteiger charge is -2.19. The Kier molecular flexibility index (Phi) is 7.62. The van der Waals surface area contributed by atoms with Gasteiger partial charge in [-0.2, -0.15) is 4.31 Å². The molecule has 0 saturated carbocycles. The molecule has 0 unspecified atom stereocenters. The highest BCUT2D eigenvalue weighted by Gasteiger charge is 2.21. The number of rotatable bonds is 10. The first kappa shape index (κ1) is 22.7. The van der Waals surface area contributed by atoms with Crippen LogP contribution < -0.4 is 5.32 Å². The van der Waals surface area contributed by atoms with Crippen LogP contribution in [0.2, 0.25) is 0 Å². The van der Waals surface area contributed by atoms with Crippen LogP contribution in [0.15, 0.2) is 82.5 Å². The lowest BCUT2D eigenvalue weighted by Crippen LogP contribution is -2.32. The number of hydrogen-bond donors (Lipinski definition) is 1. The van der Waals surface area contributed by atoms with Crippen molar-refractivity contribution in [3.8, 4) is 0 Å². The molecule has 1 aromatic heterocycles. The minimum absolute atomic E-state index is 0.165. The van der Waals surface area contributed by atoms with Gasteiger partial charge in [0.15, 0.2) is 0 Å². The second-order valence-electron chi connectivity index (χ2n) is 7.25. The maximum absolute atomic E-state index is 12.8. The van der Waals surface area contributed by atoms with Crippen molar-refractivity contribution in [2.75, 3.05) is 25.5 Å². The summed E-state index contributed by atoms with van der Waals surface area (Å²) in [4.78, 5) is 14.6. The summed E-state index contributed by atoms with van der Waals surface area (Å²) in [5.74, 6) is -0.165. The third-order valence-corrected chi connectivity index (χ3v) is 6.71. The Morgan fingerprint density at radius 1 is 0.968 bits per heavy atom. The molecule has 0 aliphatic rings. The van der Waals surface area contributed by atoms with Crippen LogP contribution in [0.5, 0.6) is 0 Å². The zero-order valence-electron chi connectivity index (χ0n) is 17.7. The van der Waals surface area contributed by atoms with Gasteiger partial charge in [0.25, 0.3) is 0 Å². The van der Waals surface area contributed by atoms with E-state index in [1.54, 1.807) is 31.7 Å². The highest BCUT2D eigenvalue weighted by molar-refractivity contribution is 7.89. The van der Waals surface area contributed by atoms with Crippen molar-refractivity contribution in [2.24, 2.45) is 0 Å². The summed E-state index contributed by atoms with van der Waals surface area (Å²) in [6, 6.07) is 17.5. The predicted octanol–water partition coefficient (Wildman–Crippen LogP) is 3.56. The molecule has 0 bridgehead atoms. The lowest BCUT2D eigenvalue weighted by molar-refractivity contribution is -0.117. The maximum atomic E-state index is 12.8. The van der Waals surface area contributed by atoms with Crippen LogP contribution in [-0.4, -0.2) is 43.7 Å². The Bertz CT molecular complexity index is 1070. The fraction of sp³-hybridized carbons (Fsp3) is 0.261. The smallest absolute Gasteiger partial charge is 0.243 e. The van der Waals surface area contributed by atoms with E-state index in [2.05, 4.69) is 5.32 Å². The van der Waals surface area contributed by atoms with Crippen molar-refractivity contribution in [1.82, 2.24) is 9.21 Å². The number of likely N-dealkylation sites (N-methyl/N-ethyl adjacent to an activating group) is 1. The molecule has 0 spiro atoms. The molecule has 3 rings (SSSR count). The topological polar surface area (TPSA) is 82.9 Å². The van der Waals surface area contributed by atoms with Crippen LogP contribution in [0.25, 0.3) is 0 Å². The number of furan rings is 1. The van der Waals surface area contributed by atoms with Crippen LogP contribution in [-0.2, 0) is 27.9 Å². The number of sulfonamides is 1. The molecule has 8 heteroatoms. The Morgan fingerprint density at radius 3 is 2.29 bits per heavy atom. The van der Waals surface area contributed by atoms with Gasteiger partial charge < -0.3 is 9.73 Å². The third kappa shape index (κ3) is 6.27. The fourth-order valence-corrected chi connectivity index (χ4v) is 4.30. The summed E-state index contributed by atoms with van der Waals surface area (Å²) in [7, 11) is -2.08. The normalized spacial score (nSPS) is 11.7. The summed E-state index contributed by atoms with van der Waals surface area (Å²) >= 11 is 0. The highest BCUT2D eigenvalue weighted by Crippen LogP contribution is 2.19. The maximum Gasteiger partial charge on any atom is 0.243 e. The number of hydrogen-bond acceptors (Lipinski definition) is 5. The van der Waals surface area contributed by atoms with Crippen molar-refractivity contribution in [1.29, 1.82) is 0 Å². The van der Waals surface area contributed by atoms with Crippen LogP contribution in [0.4, 0.5) is 5.69 Å². The van der Waals surface area contributed by atoms with Crippen molar-refractivity contribution < 1.29 is 17.6 Å². The molecule has 0 atom stereocenters. The molecule has 1 heterocycles. The zero-order chi connectivity index (χ0) is 22.3. The van der Waals surface area contributed by atoms with Gasteiger partial charge in [-0.15, -0.1) is 0 Å². The first-order chi connectivity index (χ1) is 14.9. The zero-order valence-corrected chi connectivity index (χ0v) is 18.5. The summed E-state index contributed by atoms with van der Waals surface area (Å²) in [6.07, 6.45) is 3.27. The summed E-state index contributed by atoms with van der Waals surface area (Å²) < 4.78 is 32.0. The average molecular weight is 442 g/mol. The van der Waals surface area contributed by atoms with Crippen LogP contribution >= 0.6 is 0 Å². The first-order valence-corrected chi connectivity index (χ1v) is 11.5. The van der Waals surface area contributed by atoms with E-state index < -0.39 is 10.0 Å². The average Bonchev–Trinajstić information content (AvgIpc) is 3.27. The number of carbonyl (C=O) groups excluding carboxylic acids is 1. The van der Waals surface area contributed by atoms with E-state index in [0.717, 1.165) is 11.1 Å². The largest absolute Gasteiger partial charge is 0.472 e. The Hall–Kier alpha value is -2.94. The predicted molar refractivity (Wildman–Crippen MR) is 120 cm³/mol. The molecule has 0 saturated heterocycles. The minimum Gasteiger partial charge on any atom is -0.472 e. The number of carbonyl (C=O) groups is 1. The number of anilines is 1. The Morgan fingerprint density at radius 2 is 1.68 bits per heavy atom. The molecule has 0 aliphatic heterocycles. The van der Waals surface area contributed by atoms with E-state index in [1.165, 1.54) is 16.4 Å². The van der Waals surface area contributed by atoms with Crippen molar-refractivity contribution in [2.45, 2.75) is 24.9 Å². The molecular weight excluding hydrogens is 414 g/mol. The van der Waals surface area contributed by atoms with Gasteiger partial charge in [0.05, 0.1) is 24.0 Å². The van der Waals surface area contributed by atoms with Crippen LogP contribution in [0.1, 0.15) is 18.1 Å². The van der Waals surface area contributed by atoms with Gasteiger partial charge in [-0.05, 0) is 42.4 Å². The molecule has 1 N–H and O–H groups in total. The Balaban J connectivity index is 1.59. The summed E-state index contributed by atoms with van der Waals surface area (Å²) in [5.41, 5.74) is 2.46. The van der Waals surface area contributed by atoms with E-state index in [4.69, 9.17) is 4.42 Å². The molecule has 0 aliphatic carbocycles. The Labute approximate surface area is 183 Å². The van der Waals surface area contributed by atoms with Gasteiger partial charge in [0, 0.05) is 31.4 Å². The van der Waals surface area contributed by atoms with Gasteiger partial charge in [-0.3, -0.25) is 9.69 Å². The molecule has 164 valence electrons. The quantitative estimate of drug-likeness (QED) is 0.520. The molecule has 7 nitrogen and oxygen atoms in total. The summed E-state index contributed by atoms with van der Waals surface area (Å²) in [5, 5.41) is 2.82. The molecular formula is C23H27N3O4S. The highest BCUT2D eigenvalue weighted by atomic mass is 32.2. The standard InChI is InChI=1S/C23H27N3O4S/c1-3-26(16-20-13-14-30-18-20)17-23(27)24-21-9-11-22(12-10-21)31(28,29)25(2)15-19-7-5-4-6-8-19/h4-14,18H,3,15-17H2,1-2H3,(H,24,27). The number of amides is 1. The molecule has 2 aromatic carbocycles. The van der Waals surface area contributed by atoms with Crippen LogP contribution in [0, 0.1) is 0 Å². The van der Waals surface area contributed by atoms with E-state index in [1.807, 2.05) is 48.2 Å². The number of benzene rings is 2. The van der Waals surface area contributed by atoms with E-state index >= 15 is 0 Å². The lowest BCUT2D eigenvalue weighted by atomic mass is 10.2. The molecule has 0 radical (unpaired) electrons. The second-order valence-corrected chi connectivity index (χ2v) is 9.30. The van der Waals surface area contributed by atoms with E-state index in [0.29, 0.717) is 18.8 Å². The third-order valence-electron chi connectivity index (χ3n) is 4.90. The summed E-state index contributed by atoms with van der Waals surface area (Å²) in [6.45, 7) is 3.82. The monoisotopic (exact) mass is 441 g/mol. The van der Waals surface area contributed by atoms with Crippen molar-refractivity contribution in [3.05, 3.63) is 84.3 Å². The molecule has 1 amide bonds. The van der Waals surface area contributed by atoms with Gasteiger partial charge in [-0.1, -0.05) is 37.3 Å². The number of nitrogens with zero attached hydrogens (tertiary/aromatic N) is 2. The van der Waals surface area contributed by atoms with E-state index in [9.17, 15) is 13.2 Å². The van der Waals surface area contributed by atoms with Gasteiger partial charge in [0.2, 0.25) is 15.9 Å². The van der Waals surface area contributed by atoms with E-state index in [-0.39, 0.29) is 23.9 Å².